The lowest BCUT2D eigenvalue weighted by Gasteiger charge is -2.46. The van der Waals surface area contributed by atoms with E-state index >= 15 is 0 Å². The lowest BCUT2D eigenvalue weighted by atomic mass is 9.55. The van der Waals surface area contributed by atoms with Gasteiger partial charge in [-0.05, 0) is 90.7 Å². The topological polar surface area (TPSA) is 43.6 Å². The van der Waals surface area contributed by atoms with Crippen LogP contribution in [0.2, 0.25) is 0 Å². The summed E-state index contributed by atoms with van der Waals surface area (Å²) in [7, 11) is 0. The Morgan fingerprint density at radius 1 is 0.348 bits per heavy atom. The Morgan fingerprint density at radius 2 is 0.884 bits per heavy atom. The fourth-order valence-electron chi connectivity index (χ4n) is 12.7. The van der Waals surface area contributed by atoms with Gasteiger partial charge in [0, 0.05) is 44.0 Å². The summed E-state index contributed by atoms with van der Waals surface area (Å²) >= 11 is 0. The van der Waals surface area contributed by atoms with Crippen molar-refractivity contribution in [2.45, 2.75) is 24.7 Å². The SMILES string of the molecule is CC1(C)c2ccccc2C2(c3ccccc31)c1ccc(-c3ccc4ccc(-c5nc(-c6ccccc6)nc(-c6ccccc6)n5)cc4c3)c3c1-c1c2ccc2c4ccccc4n(c12)-c1ccccc1-3. The molecule has 69 heavy (non-hydrogen) atoms. The summed E-state index contributed by atoms with van der Waals surface area (Å²) in [6.45, 7) is 4.80. The molecule has 4 nitrogen and oxygen atoms in total. The van der Waals surface area contributed by atoms with Gasteiger partial charge < -0.3 is 4.57 Å². The van der Waals surface area contributed by atoms with Gasteiger partial charge in [-0.3, -0.25) is 0 Å². The van der Waals surface area contributed by atoms with E-state index in [0.717, 1.165) is 33.0 Å². The maximum absolute atomic E-state index is 5.11. The van der Waals surface area contributed by atoms with Crippen molar-refractivity contribution in [2.75, 3.05) is 0 Å². The number of hydrogen-bond acceptors (Lipinski definition) is 3. The zero-order valence-corrected chi connectivity index (χ0v) is 38.1. The molecule has 0 N–H and O–H groups in total. The van der Waals surface area contributed by atoms with Crippen molar-refractivity contribution >= 4 is 32.6 Å². The minimum atomic E-state index is -0.539. The molecule has 322 valence electrons. The van der Waals surface area contributed by atoms with E-state index in [0.29, 0.717) is 17.5 Å². The number of rotatable bonds is 4. The first-order valence-corrected chi connectivity index (χ1v) is 23.9. The van der Waals surface area contributed by atoms with Gasteiger partial charge in [-0.2, -0.15) is 0 Å². The lowest BCUT2D eigenvalue weighted by molar-refractivity contribution is 0.563. The molecule has 12 aromatic rings. The Bertz CT molecular complexity index is 4050. The Balaban J connectivity index is 1.02. The lowest BCUT2D eigenvalue weighted by Crippen LogP contribution is -2.40. The first-order chi connectivity index (χ1) is 34.0. The van der Waals surface area contributed by atoms with Crippen LogP contribution in [0.4, 0.5) is 0 Å². The van der Waals surface area contributed by atoms with Crippen molar-refractivity contribution < 1.29 is 0 Å². The third-order valence-corrected chi connectivity index (χ3v) is 15.6. The van der Waals surface area contributed by atoms with Gasteiger partial charge >= 0.3 is 0 Å². The summed E-state index contributed by atoms with van der Waals surface area (Å²) in [5.41, 5.74) is 21.5. The molecule has 2 aromatic heterocycles. The smallest absolute Gasteiger partial charge is 0.164 e. The number of fused-ring (bicyclic) bond motifs is 13. The number of benzene rings is 10. The molecule has 4 heteroatoms. The number of nitrogens with zero attached hydrogens (tertiary/aromatic N) is 4. The maximum Gasteiger partial charge on any atom is 0.164 e. The summed E-state index contributed by atoms with van der Waals surface area (Å²) in [5, 5.41) is 4.83. The molecule has 0 bridgehead atoms. The summed E-state index contributed by atoms with van der Waals surface area (Å²) < 4.78 is 2.57. The van der Waals surface area contributed by atoms with Gasteiger partial charge in [0.05, 0.1) is 22.1 Å². The van der Waals surface area contributed by atoms with Crippen molar-refractivity contribution in [3.63, 3.8) is 0 Å². The number of hydrogen-bond donors (Lipinski definition) is 0. The molecule has 0 saturated carbocycles. The van der Waals surface area contributed by atoms with E-state index in [1.54, 1.807) is 0 Å². The van der Waals surface area contributed by atoms with Gasteiger partial charge in [0.15, 0.2) is 17.5 Å². The molecule has 0 amide bonds. The van der Waals surface area contributed by atoms with Gasteiger partial charge in [0.2, 0.25) is 0 Å². The largest absolute Gasteiger partial charge is 0.308 e. The average Bonchev–Trinajstić information content (AvgIpc) is 3.86. The normalized spacial score (nSPS) is 14.2. The van der Waals surface area contributed by atoms with Gasteiger partial charge in [0.25, 0.3) is 0 Å². The minimum absolute atomic E-state index is 0.190. The zero-order valence-electron chi connectivity index (χ0n) is 38.1. The Labute approximate surface area is 399 Å². The highest BCUT2D eigenvalue weighted by molar-refractivity contribution is 6.20. The summed E-state index contributed by atoms with van der Waals surface area (Å²) in [6, 6.07) is 80.3. The van der Waals surface area contributed by atoms with E-state index in [2.05, 4.69) is 200 Å². The first-order valence-electron chi connectivity index (χ1n) is 23.9. The molecular formula is C65H42N4. The molecular weight excluding hydrogens is 837 g/mol. The number of para-hydroxylation sites is 2. The van der Waals surface area contributed by atoms with Crippen LogP contribution in [0.15, 0.2) is 218 Å². The summed E-state index contributed by atoms with van der Waals surface area (Å²) in [6.07, 6.45) is 0. The molecule has 0 unspecified atom stereocenters. The third-order valence-electron chi connectivity index (χ3n) is 15.6. The molecule has 0 radical (unpaired) electrons. The van der Waals surface area contributed by atoms with E-state index < -0.39 is 5.41 Å². The van der Waals surface area contributed by atoms with Gasteiger partial charge in [0.1, 0.15) is 0 Å². The fraction of sp³-hybridized carbons (Fsp3) is 0.0615. The Hall–Kier alpha value is -8.73. The second-order valence-electron chi connectivity index (χ2n) is 19.4. The van der Waals surface area contributed by atoms with Gasteiger partial charge in [-0.15, -0.1) is 0 Å². The molecule has 1 spiro atoms. The highest BCUT2D eigenvalue weighted by Crippen LogP contribution is 2.66. The molecule has 3 aliphatic rings. The van der Waals surface area contributed by atoms with E-state index in [-0.39, 0.29) is 5.41 Å². The van der Waals surface area contributed by atoms with Crippen molar-refractivity contribution in [3.05, 3.63) is 252 Å². The quantitative estimate of drug-likeness (QED) is 0.177. The van der Waals surface area contributed by atoms with Crippen LogP contribution in [0.5, 0.6) is 0 Å². The van der Waals surface area contributed by atoms with Crippen molar-refractivity contribution in [1.29, 1.82) is 0 Å². The highest BCUT2D eigenvalue weighted by atomic mass is 15.0. The van der Waals surface area contributed by atoms with E-state index in [9.17, 15) is 0 Å². The van der Waals surface area contributed by atoms with Crippen LogP contribution in [-0.4, -0.2) is 19.5 Å². The maximum atomic E-state index is 5.11. The van der Waals surface area contributed by atoms with Crippen molar-refractivity contribution in [3.8, 4) is 73.2 Å². The van der Waals surface area contributed by atoms with Gasteiger partial charge in [-0.25, -0.2) is 15.0 Å². The van der Waals surface area contributed by atoms with Crippen molar-refractivity contribution in [1.82, 2.24) is 19.5 Å². The third kappa shape index (κ3) is 5.10. The molecule has 10 aromatic carbocycles. The summed E-state index contributed by atoms with van der Waals surface area (Å²) in [4.78, 5) is 15.2. The van der Waals surface area contributed by atoms with Crippen LogP contribution >= 0.6 is 0 Å². The fourth-order valence-corrected chi connectivity index (χ4v) is 12.7. The van der Waals surface area contributed by atoms with E-state index in [4.69, 9.17) is 15.0 Å². The second kappa shape index (κ2) is 13.9. The monoisotopic (exact) mass is 878 g/mol. The molecule has 2 aliphatic carbocycles. The Morgan fingerprint density at radius 3 is 1.58 bits per heavy atom. The standard InChI is InChI=1S/C65H42N4/c1-64(2)49-23-11-13-25-51(49)65(52-26-14-12-24-50(52)64)53-35-33-45(57-48-22-10-16-28-56(48)69-55-27-15-9-21-46(55)47-34-36-54(65)59(58(53)57)60(47)69)42-31-29-39-30-32-43(38-44(39)37-42)63-67-61(40-17-5-3-6-18-40)66-62(68-63)41-19-7-4-8-20-41/h3-38H,1-2H3. The van der Waals surface area contributed by atoms with Crippen LogP contribution in [0.25, 0.3) is 106 Å². The number of aromatic nitrogens is 4. The molecule has 3 heterocycles. The van der Waals surface area contributed by atoms with Crippen LogP contribution < -0.4 is 0 Å². The van der Waals surface area contributed by atoms with Crippen LogP contribution in [0.1, 0.15) is 47.2 Å². The molecule has 0 saturated heterocycles. The minimum Gasteiger partial charge on any atom is -0.308 e. The zero-order chi connectivity index (χ0) is 45.6. The second-order valence-corrected chi connectivity index (χ2v) is 19.4. The van der Waals surface area contributed by atoms with Crippen LogP contribution in [-0.2, 0) is 10.8 Å². The highest BCUT2D eigenvalue weighted by Gasteiger charge is 2.55. The molecule has 0 atom stereocenters. The predicted octanol–water partition coefficient (Wildman–Crippen LogP) is 15.8. The van der Waals surface area contributed by atoms with Crippen LogP contribution in [0, 0.1) is 0 Å². The van der Waals surface area contributed by atoms with E-state index in [1.807, 2.05) is 36.4 Å². The molecule has 15 rings (SSSR count). The molecule has 0 fully saturated rings. The average molecular weight is 879 g/mol. The van der Waals surface area contributed by atoms with E-state index in [1.165, 1.54) is 88.7 Å². The molecule has 1 aliphatic heterocycles. The van der Waals surface area contributed by atoms with Crippen LogP contribution in [0.3, 0.4) is 0 Å². The van der Waals surface area contributed by atoms with Crippen molar-refractivity contribution in [2.24, 2.45) is 0 Å². The summed E-state index contributed by atoms with van der Waals surface area (Å²) in [5.74, 6) is 1.94. The first kappa shape index (κ1) is 38.4. The predicted molar refractivity (Wildman–Crippen MR) is 282 cm³/mol. The Kier molecular flexibility index (Phi) is 7.74. The van der Waals surface area contributed by atoms with Gasteiger partial charge in [-0.1, -0.05) is 208 Å².